The van der Waals surface area contributed by atoms with Gasteiger partial charge in [-0.15, -0.1) is 11.3 Å². The maximum absolute atomic E-state index is 12.7. The Kier molecular flexibility index (Phi) is 6.13. The molecule has 1 saturated heterocycles. The number of anilines is 1. The van der Waals surface area contributed by atoms with Crippen molar-refractivity contribution in [2.75, 3.05) is 26.4 Å². The molecule has 11 nitrogen and oxygen atoms in total. The van der Waals surface area contributed by atoms with Crippen LogP contribution in [0.2, 0.25) is 0 Å². The molecule has 212 valence electrons. The average molecular weight is 573 g/mol. The number of ether oxygens (including phenoxy) is 1. The summed E-state index contributed by atoms with van der Waals surface area (Å²) in [6.07, 6.45) is 9.20. The minimum absolute atomic E-state index is 0.0187. The number of carbonyl (C=O) groups excluding carboxylic acids is 1. The van der Waals surface area contributed by atoms with Gasteiger partial charge < -0.3 is 19.9 Å². The smallest absolute Gasteiger partial charge is 0.359 e. The summed E-state index contributed by atoms with van der Waals surface area (Å²) in [7, 11) is 3.47. The van der Waals surface area contributed by atoms with Crippen molar-refractivity contribution < 1.29 is 14.1 Å². The zero-order chi connectivity index (χ0) is 28.5. The van der Waals surface area contributed by atoms with Gasteiger partial charge in [0.1, 0.15) is 11.1 Å². The molecule has 7 rings (SSSR count). The van der Waals surface area contributed by atoms with Crippen molar-refractivity contribution in [2.45, 2.75) is 75.8 Å². The van der Waals surface area contributed by atoms with Gasteiger partial charge in [0.15, 0.2) is 28.6 Å². The molecule has 12 heteroatoms. The second-order valence-electron chi connectivity index (χ2n) is 11.5. The Morgan fingerprint density at radius 1 is 1.32 bits per heavy atom. The minimum Gasteiger partial charge on any atom is -0.464 e. The Morgan fingerprint density at radius 3 is 2.85 bits per heavy atom. The van der Waals surface area contributed by atoms with E-state index in [2.05, 4.69) is 35.1 Å². The van der Waals surface area contributed by atoms with Gasteiger partial charge in [-0.1, -0.05) is 5.16 Å². The quantitative estimate of drug-likeness (QED) is 0.349. The first-order chi connectivity index (χ1) is 19.9. The maximum Gasteiger partial charge on any atom is 0.359 e. The molecular weight excluding hydrogens is 540 g/mol. The van der Waals surface area contributed by atoms with Gasteiger partial charge in [0.25, 0.3) is 0 Å². The van der Waals surface area contributed by atoms with Crippen LogP contribution < -0.4 is 5.73 Å². The molecule has 0 aromatic carbocycles. The van der Waals surface area contributed by atoms with Gasteiger partial charge >= 0.3 is 5.97 Å². The third kappa shape index (κ3) is 3.75. The van der Waals surface area contributed by atoms with Crippen LogP contribution >= 0.6 is 11.3 Å². The molecule has 0 unspecified atom stereocenters. The van der Waals surface area contributed by atoms with Crippen molar-refractivity contribution in [3.05, 3.63) is 39.2 Å². The van der Waals surface area contributed by atoms with Crippen molar-refractivity contribution in [3.8, 4) is 17.6 Å². The predicted octanol–water partition coefficient (Wildman–Crippen LogP) is 4.40. The Morgan fingerprint density at radius 2 is 2.12 bits per heavy atom. The van der Waals surface area contributed by atoms with Crippen molar-refractivity contribution in [2.24, 2.45) is 0 Å². The third-order valence-corrected chi connectivity index (χ3v) is 10.5. The number of fused-ring (bicyclic) bond motifs is 5. The normalized spacial score (nSPS) is 22.9. The number of methoxy groups -OCH3 is 1. The van der Waals surface area contributed by atoms with E-state index >= 15 is 0 Å². The lowest BCUT2D eigenvalue weighted by Crippen LogP contribution is -2.35. The summed E-state index contributed by atoms with van der Waals surface area (Å²) in [6, 6.07) is 2.63. The number of rotatable bonds is 4. The molecule has 1 fully saturated rings. The number of likely N-dealkylation sites (tertiary alicyclic amines) is 1. The topological polar surface area (TPSA) is 149 Å². The van der Waals surface area contributed by atoms with Crippen molar-refractivity contribution in [1.29, 1.82) is 5.26 Å². The number of nitrogens with two attached hydrogens (primary N) is 1. The predicted molar refractivity (Wildman–Crippen MR) is 153 cm³/mol. The fourth-order valence-corrected chi connectivity index (χ4v) is 8.66. The highest BCUT2D eigenvalue weighted by molar-refractivity contribution is 7.16. The fourth-order valence-electron chi connectivity index (χ4n) is 7.49. The van der Waals surface area contributed by atoms with Gasteiger partial charge in [0, 0.05) is 22.7 Å². The molecule has 0 amide bonds. The van der Waals surface area contributed by atoms with E-state index in [9.17, 15) is 10.1 Å². The second-order valence-corrected chi connectivity index (χ2v) is 12.7. The zero-order valence-corrected chi connectivity index (χ0v) is 24.3. The third-order valence-electron chi connectivity index (χ3n) is 9.42. The number of nitrogens with zero attached hydrogens (tertiary/aromatic N) is 7. The Balaban J connectivity index is 1.37. The number of esters is 1. The first-order valence-corrected chi connectivity index (χ1v) is 15.0. The first-order valence-electron chi connectivity index (χ1n) is 14.2. The van der Waals surface area contributed by atoms with Crippen LogP contribution in [0.25, 0.3) is 22.6 Å². The number of thiophene rings is 1. The van der Waals surface area contributed by atoms with Crippen LogP contribution in [-0.2, 0) is 23.0 Å². The zero-order valence-electron chi connectivity index (χ0n) is 23.4. The number of hydrogen-bond donors (Lipinski definition) is 1. The van der Waals surface area contributed by atoms with E-state index in [1.54, 1.807) is 6.20 Å². The molecule has 0 saturated carbocycles. The highest BCUT2D eigenvalue weighted by Crippen LogP contribution is 2.55. The fraction of sp³-hybridized carbons (Fsp3) is 0.517. The number of nitrogen functional groups attached to an aromatic ring is 1. The molecule has 3 aliphatic rings. The Hall–Kier alpha value is -3.82. The second kappa shape index (κ2) is 9.63. The lowest BCUT2D eigenvalue weighted by atomic mass is 9.63. The van der Waals surface area contributed by atoms with Gasteiger partial charge in [-0.25, -0.2) is 19.4 Å². The number of aryl methyl sites for hydroxylation is 1. The van der Waals surface area contributed by atoms with E-state index in [-0.39, 0.29) is 17.8 Å². The lowest BCUT2D eigenvalue weighted by molar-refractivity contribution is 0.0594. The van der Waals surface area contributed by atoms with Crippen LogP contribution in [-0.4, -0.2) is 62.5 Å². The number of hydrogen-bond acceptors (Lipinski definition) is 11. The molecule has 0 bridgehead atoms. The molecule has 41 heavy (non-hydrogen) atoms. The van der Waals surface area contributed by atoms with Gasteiger partial charge in [0.2, 0.25) is 0 Å². The molecule has 4 aromatic heterocycles. The molecule has 2 N–H and O–H groups in total. The first kappa shape index (κ1) is 26.1. The highest BCUT2D eigenvalue weighted by Gasteiger charge is 2.48. The SMILES string of the molecule is COC(=O)c1nn([C@@H](C)[C@@H]2CCCN2C)c2nc(-c3noc4c3CCC[C@@]43CCCc4sc(N)c(C#N)c43)ncc12. The Labute approximate surface area is 241 Å². The molecule has 2 aliphatic carbocycles. The van der Waals surface area contributed by atoms with Crippen LogP contribution in [0.15, 0.2) is 10.7 Å². The maximum atomic E-state index is 12.7. The van der Waals surface area contributed by atoms with Crippen molar-refractivity contribution in [3.63, 3.8) is 0 Å². The summed E-state index contributed by atoms with van der Waals surface area (Å²) in [4.78, 5) is 25.8. The average Bonchev–Trinajstić information content (AvgIpc) is 3.76. The van der Waals surface area contributed by atoms with Crippen LogP contribution in [0.5, 0.6) is 0 Å². The molecule has 5 heterocycles. The van der Waals surface area contributed by atoms with Crippen LogP contribution in [0.1, 0.15) is 89.3 Å². The van der Waals surface area contributed by atoms with Crippen LogP contribution in [0.4, 0.5) is 5.00 Å². The summed E-state index contributed by atoms with van der Waals surface area (Å²) >= 11 is 1.53. The standard InChI is InChI=1S/C29H32N8O3S/c1-15(19-8-6-12-36(19)2)37-27-18(23(34-37)28(38)39-3)14-32-26(33-27)22-16-7-4-10-29(24(16)40-35-22)11-5-9-20-21(29)17(13-30)25(31)41-20/h14-15,19H,4-12,31H2,1-3H3/t15-,19-,29-/m0/s1. The van der Waals surface area contributed by atoms with Crippen LogP contribution in [0.3, 0.4) is 0 Å². The molecule has 4 aromatic rings. The summed E-state index contributed by atoms with van der Waals surface area (Å²) < 4.78 is 13.0. The van der Waals surface area contributed by atoms with E-state index in [4.69, 9.17) is 25.1 Å². The van der Waals surface area contributed by atoms with E-state index in [1.165, 1.54) is 23.3 Å². The number of aromatic nitrogens is 5. The summed E-state index contributed by atoms with van der Waals surface area (Å²) in [5, 5.41) is 20.4. The summed E-state index contributed by atoms with van der Waals surface area (Å²) in [5.41, 5.74) is 9.86. The molecule has 1 aliphatic heterocycles. The molecule has 3 atom stereocenters. The lowest BCUT2D eigenvalue weighted by Gasteiger charge is -2.39. The summed E-state index contributed by atoms with van der Waals surface area (Å²) in [5.74, 6) is 0.724. The largest absolute Gasteiger partial charge is 0.464 e. The number of likely N-dealkylation sites (N-methyl/N-ethyl adjacent to an activating group) is 1. The van der Waals surface area contributed by atoms with Crippen molar-refractivity contribution in [1.82, 2.24) is 29.8 Å². The number of carbonyl (C=O) groups is 1. The van der Waals surface area contributed by atoms with Crippen LogP contribution in [0, 0.1) is 11.3 Å². The minimum atomic E-state index is -0.519. The van der Waals surface area contributed by atoms with E-state index in [1.807, 2.05) is 4.68 Å². The van der Waals surface area contributed by atoms with E-state index < -0.39 is 11.4 Å². The molecule has 0 radical (unpaired) electrons. The summed E-state index contributed by atoms with van der Waals surface area (Å²) in [6.45, 7) is 3.14. The Bertz CT molecular complexity index is 1730. The monoisotopic (exact) mass is 572 g/mol. The molecule has 1 spiro atoms. The van der Waals surface area contributed by atoms with Crippen molar-refractivity contribution >= 4 is 33.3 Å². The number of nitriles is 1. The molecular formula is C29H32N8O3S. The van der Waals surface area contributed by atoms with Gasteiger partial charge in [-0.2, -0.15) is 10.4 Å². The van der Waals surface area contributed by atoms with E-state index in [0.29, 0.717) is 33.1 Å². The van der Waals surface area contributed by atoms with Gasteiger partial charge in [-0.05, 0) is 77.4 Å². The van der Waals surface area contributed by atoms with Gasteiger partial charge in [-0.3, -0.25) is 0 Å². The van der Waals surface area contributed by atoms with Gasteiger partial charge in [0.05, 0.1) is 29.5 Å². The van der Waals surface area contributed by atoms with E-state index in [0.717, 1.165) is 74.8 Å². The highest BCUT2D eigenvalue weighted by atomic mass is 32.1.